The van der Waals surface area contributed by atoms with Gasteiger partial charge in [-0.25, -0.2) is 0 Å². The third-order valence-electron chi connectivity index (χ3n) is 5.31. The molecule has 4 rings (SSSR count). The first kappa shape index (κ1) is 16.9. The highest BCUT2D eigenvalue weighted by molar-refractivity contribution is 6.22. The van der Waals surface area contributed by atoms with Crippen molar-refractivity contribution in [3.8, 4) is 0 Å². The summed E-state index contributed by atoms with van der Waals surface area (Å²) in [6, 6.07) is 10.1. The first-order chi connectivity index (χ1) is 12.7. The van der Waals surface area contributed by atoms with Crippen molar-refractivity contribution in [1.82, 2.24) is 15.6 Å². The van der Waals surface area contributed by atoms with Gasteiger partial charge in [0, 0.05) is 12.2 Å². The predicted molar refractivity (Wildman–Crippen MR) is 99.1 cm³/mol. The fourth-order valence-corrected chi connectivity index (χ4v) is 4.02. The van der Waals surface area contributed by atoms with E-state index >= 15 is 0 Å². The molecule has 2 aromatic rings. The largest absolute Gasteiger partial charge is 0.309 e. The maximum absolute atomic E-state index is 12.0. The van der Waals surface area contributed by atoms with E-state index in [0.717, 1.165) is 44.2 Å². The lowest BCUT2D eigenvalue weighted by atomic mass is 9.92. The van der Waals surface area contributed by atoms with Gasteiger partial charge in [0.05, 0.1) is 16.8 Å². The molecular formula is C21H23N3O2. The van der Waals surface area contributed by atoms with E-state index in [0.29, 0.717) is 17.2 Å². The number of unbranched alkanes of at least 4 members (excludes halogenated alkanes) is 1. The van der Waals surface area contributed by atoms with Crippen LogP contribution in [0.1, 0.15) is 69.3 Å². The van der Waals surface area contributed by atoms with Crippen LogP contribution in [0.25, 0.3) is 0 Å². The van der Waals surface area contributed by atoms with Crippen LogP contribution in [0.3, 0.4) is 0 Å². The molecule has 1 aromatic heterocycles. The Morgan fingerprint density at radius 2 is 2.04 bits per heavy atom. The molecule has 0 saturated carbocycles. The normalized spacial score (nSPS) is 18.4. The van der Waals surface area contributed by atoms with Gasteiger partial charge in [0.1, 0.15) is 0 Å². The Morgan fingerprint density at radius 3 is 2.96 bits per heavy atom. The molecule has 26 heavy (non-hydrogen) atoms. The molecule has 5 heteroatoms. The summed E-state index contributed by atoms with van der Waals surface area (Å²) < 4.78 is 0. The third kappa shape index (κ3) is 3.27. The number of rotatable bonds is 6. The van der Waals surface area contributed by atoms with Crippen LogP contribution >= 0.6 is 0 Å². The van der Waals surface area contributed by atoms with Crippen molar-refractivity contribution in [2.75, 3.05) is 6.54 Å². The van der Waals surface area contributed by atoms with Crippen LogP contribution in [0.5, 0.6) is 0 Å². The van der Waals surface area contributed by atoms with Crippen LogP contribution in [0.2, 0.25) is 0 Å². The first-order valence-electron chi connectivity index (χ1n) is 9.39. The minimum absolute atomic E-state index is 0.261. The van der Waals surface area contributed by atoms with E-state index in [-0.39, 0.29) is 11.8 Å². The predicted octanol–water partition coefficient (Wildman–Crippen LogP) is 2.96. The zero-order chi connectivity index (χ0) is 17.9. The summed E-state index contributed by atoms with van der Waals surface area (Å²) in [6.07, 6.45) is 8.16. The van der Waals surface area contributed by atoms with Crippen LogP contribution in [-0.2, 0) is 12.8 Å². The molecule has 1 aliphatic carbocycles. The average molecular weight is 349 g/mol. The van der Waals surface area contributed by atoms with Crippen molar-refractivity contribution in [2.45, 2.75) is 44.6 Å². The number of aryl methyl sites for hydroxylation is 2. The quantitative estimate of drug-likeness (QED) is 0.621. The number of carbonyl (C=O) groups excluding carboxylic acids is 2. The number of benzene rings is 1. The Kier molecular flexibility index (Phi) is 4.80. The molecule has 2 amide bonds. The fraction of sp³-hybridized carbons (Fsp3) is 0.381. The van der Waals surface area contributed by atoms with Gasteiger partial charge in [-0.2, -0.15) is 0 Å². The Morgan fingerprint density at radius 1 is 1.12 bits per heavy atom. The number of fused-ring (bicyclic) bond motifs is 2. The molecule has 0 bridgehead atoms. The van der Waals surface area contributed by atoms with Crippen molar-refractivity contribution in [1.29, 1.82) is 0 Å². The second-order valence-corrected chi connectivity index (χ2v) is 7.03. The number of carbonyl (C=O) groups is 2. The number of pyridine rings is 1. The topological polar surface area (TPSA) is 71.1 Å². The number of hydrogen-bond donors (Lipinski definition) is 2. The molecule has 2 heterocycles. The van der Waals surface area contributed by atoms with Crippen molar-refractivity contribution in [2.24, 2.45) is 0 Å². The summed E-state index contributed by atoms with van der Waals surface area (Å²) in [5.74, 6) is -0.541. The molecule has 0 saturated heterocycles. The van der Waals surface area contributed by atoms with Gasteiger partial charge >= 0.3 is 0 Å². The zero-order valence-corrected chi connectivity index (χ0v) is 14.8. The van der Waals surface area contributed by atoms with Gasteiger partial charge < -0.3 is 5.32 Å². The summed E-state index contributed by atoms with van der Waals surface area (Å²) in [4.78, 5) is 28.3. The second kappa shape index (κ2) is 7.38. The number of imide groups is 1. The Balaban J connectivity index is 1.30. The molecule has 1 aliphatic heterocycles. The smallest absolute Gasteiger partial charge is 0.259 e. The van der Waals surface area contributed by atoms with E-state index in [2.05, 4.69) is 21.7 Å². The minimum Gasteiger partial charge on any atom is -0.309 e. The van der Waals surface area contributed by atoms with Gasteiger partial charge in [0.15, 0.2) is 0 Å². The summed E-state index contributed by atoms with van der Waals surface area (Å²) in [5, 5.41) is 6.02. The van der Waals surface area contributed by atoms with E-state index in [1.807, 2.05) is 24.4 Å². The van der Waals surface area contributed by atoms with Crippen LogP contribution in [-0.4, -0.2) is 23.3 Å². The van der Waals surface area contributed by atoms with Crippen molar-refractivity contribution >= 4 is 11.8 Å². The molecule has 5 nitrogen and oxygen atoms in total. The van der Waals surface area contributed by atoms with E-state index in [4.69, 9.17) is 0 Å². The fourth-order valence-electron chi connectivity index (χ4n) is 4.02. The Hall–Kier alpha value is -2.53. The summed E-state index contributed by atoms with van der Waals surface area (Å²) in [6.45, 7) is 0.931. The molecule has 134 valence electrons. The van der Waals surface area contributed by atoms with Crippen molar-refractivity contribution in [3.05, 3.63) is 64.5 Å². The molecule has 0 spiro atoms. The standard InChI is InChI=1S/C21H23N3O2/c25-20-16-10-3-7-14(18(16)21(26)24-20)6-1-2-12-22-17-11-4-8-15-9-5-13-23-19(15)17/h3,5,7,9-10,13,17,22H,1-2,4,6,8,11-12H2,(H,24,25,26)/t17-/m1/s1. The third-order valence-corrected chi connectivity index (χ3v) is 5.31. The molecule has 1 aromatic carbocycles. The molecule has 0 radical (unpaired) electrons. The van der Waals surface area contributed by atoms with E-state index in [1.165, 1.54) is 17.7 Å². The van der Waals surface area contributed by atoms with Gasteiger partial charge in [-0.15, -0.1) is 0 Å². The summed E-state index contributed by atoms with van der Waals surface area (Å²) in [5.41, 5.74) is 4.61. The lowest BCUT2D eigenvalue weighted by Gasteiger charge is -2.25. The van der Waals surface area contributed by atoms with Crippen molar-refractivity contribution < 1.29 is 9.59 Å². The first-order valence-corrected chi connectivity index (χ1v) is 9.39. The van der Waals surface area contributed by atoms with Gasteiger partial charge in [0.2, 0.25) is 0 Å². The highest BCUT2D eigenvalue weighted by Crippen LogP contribution is 2.27. The van der Waals surface area contributed by atoms with Gasteiger partial charge in [-0.05, 0) is 68.3 Å². The molecule has 2 aliphatic rings. The SMILES string of the molecule is O=C1NC(=O)c2c(CCCCN[C@@H]3CCCc4cccnc43)cccc21. The lowest BCUT2D eigenvalue weighted by molar-refractivity contribution is 0.0879. The number of hydrogen-bond acceptors (Lipinski definition) is 4. The Bertz CT molecular complexity index is 847. The van der Waals surface area contributed by atoms with E-state index < -0.39 is 0 Å². The molecular weight excluding hydrogens is 326 g/mol. The monoisotopic (exact) mass is 349 g/mol. The number of nitrogens with one attached hydrogen (secondary N) is 2. The molecule has 0 unspecified atom stereocenters. The number of nitrogens with zero attached hydrogens (tertiary/aromatic N) is 1. The van der Waals surface area contributed by atoms with Crippen LogP contribution < -0.4 is 10.6 Å². The van der Waals surface area contributed by atoms with E-state index in [9.17, 15) is 9.59 Å². The average Bonchev–Trinajstić information content (AvgIpc) is 2.96. The van der Waals surface area contributed by atoms with Crippen LogP contribution in [0, 0.1) is 0 Å². The van der Waals surface area contributed by atoms with Gasteiger partial charge in [-0.3, -0.25) is 19.9 Å². The van der Waals surface area contributed by atoms with E-state index in [1.54, 1.807) is 6.07 Å². The van der Waals surface area contributed by atoms with Crippen LogP contribution in [0.4, 0.5) is 0 Å². The highest BCUT2D eigenvalue weighted by atomic mass is 16.2. The van der Waals surface area contributed by atoms with Crippen molar-refractivity contribution in [3.63, 3.8) is 0 Å². The lowest BCUT2D eigenvalue weighted by Crippen LogP contribution is -2.27. The molecule has 0 fully saturated rings. The maximum Gasteiger partial charge on any atom is 0.259 e. The van der Waals surface area contributed by atoms with Crippen LogP contribution in [0.15, 0.2) is 36.5 Å². The highest BCUT2D eigenvalue weighted by Gasteiger charge is 2.28. The molecule has 2 N–H and O–H groups in total. The second-order valence-electron chi connectivity index (χ2n) is 7.03. The number of aromatic nitrogens is 1. The molecule has 1 atom stereocenters. The summed E-state index contributed by atoms with van der Waals surface area (Å²) >= 11 is 0. The minimum atomic E-state index is -0.281. The zero-order valence-electron chi connectivity index (χ0n) is 14.8. The van der Waals surface area contributed by atoms with Gasteiger partial charge in [-0.1, -0.05) is 18.2 Å². The Labute approximate surface area is 153 Å². The maximum atomic E-state index is 12.0. The number of amides is 2. The van der Waals surface area contributed by atoms with Gasteiger partial charge in [0.25, 0.3) is 11.8 Å². The summed E-state index contributed by atoms with van der Waals surface area (Å²) in [7, 11) is 0.